The van der Waals surface area contributed by atoms with Crippen LogP contribution in [0.1, 0.15) is 28.7 Å². The zero-order valence-corrected chi connectivity index (χ0v) is 11.6. The van der Waals surface area contributed by atoms with Crippen LogP contribution in [0, 0.1) is 6.92 Å². The van der Waals surface area contributed by atoms with E-state index in [1.807, 2.05) is 39.2 Å². The van der Waals surface area contributed by atoms with Gasteiger partial charge in [0.2, 0.25) is 0 Å². The zero-order valence-electron chi connectivity index (χ0n) is 11.6. The summed E-state index contributed by atoms with van der Waals surface area (Å²) in [5, 5.41) is 0. The van der Waals surface area contributed by atoms with E-state index >= 15 is 0 Å². The number of H-pyrrole nitrogens is 1. The van der Waals surface area contributed by atoms with E-state index in [1.165, 1.54) is 5.56 Å². The molecule has 0 spiro atoms. The first-order chi connectivity index (χ1) is 9.08. The van der Waals surface area contributed by atoms with E-state index in [0.29, 0.717) is 5.69 Å². The molecule has 4 nitrogen and oxygen atoms in total. The van der Waals surface area contributed by atoms with Crippen molar-refractivity contribution in [3.05, 3.63) is 53.6 Å². The van der Waals surface area contributed by atoms with Crippen LogP contribution in [0.3, 0.4) is 0 Å². The highest BCUT2D eigenvalue weighted by molar-refractivity contribution is 5.92. The number of aromatic nitrogens is 2. The predicted molar refractivity (Wildman–Crippen MR) is 75.0 cm³/mol. The number of nitrogens with one attached hydrogen (secondary N) is 1. The summed E-state index contributed by atoms with van der Waals surface area (Å²) in [5.41, 5.74) is 2.82. The monoisotopic (exact) mass is 257 g/mol. The topological polar surface area (TPSA) is 49.0 Å². The normalized spacial score (nSPS) is 12.2. The van der Waals surface area contributed by atoms with Crippen LogP contribution in [0.4, 0.5) is 0 Å². The van der Waals surface area contributed by atoms with Gasteiger partial charge in [0, 0.05) is 37.6 Å². The third-order valence-corrected chi connectivity index (χ3v) is 3.29. The Kier molecular flexibility index (Phi) is 4.00. The van der Waals surface area contributed by atoms with Crippen LogP contribution in [0.2, 0.25) is 0 Å². The average Bonchev–Trinajstić information content (AvgIpc) is 2.90. The molecule has 4 heteroatoms. The maximum absolute atomic E-state index is 12.2. The van der Waals surface area contributed by atoms with Crippen LogP contribution in [0.25, 0.3) is 0 Å². The fourth-order valence-electron chi connectivity index (χ4n) is 2.00. The Morgan fingerprint density at radius 2 is 2.26 bits per heavy atom. The number of likely N-dealkylation sites (N-methyl/N-ethyl adjacent to an activating group) is 1. The van der Waals surface area contributed by atoms with Gasteiger partial charge in [0.1, 0.15) is 5.69 Å². The van der Waals surface area contributed by atoms with Crippen molar-refractivity contribution in [1.29, 1.82) is 0 Å². The predicted octanol–water partition coefficient (Wildman–Crippen LogP) is 2.42. The lowest BCUT2D eigenvalue weighted by Gasteiger charge is -2.24. The molecule has 0 bridgehead atoms. The molecule has 0 unspecified atom stereocenters. The summed E-state index contributed by atoms with van der Waals surface area (Å²) in [6.07, 6.45) is 4.32. The van der Waals surface area contributed by atoms with E-state index in [4.69, 9.17) is 0 Å². The molecule has 0 aliphatic heterocycles. The molecule has 0 aromatic carbocycles. The first kappa shape index (κ1) is 13.3. The number of hydrogen-bond acceptors (Lipinski definition) is 2. The Balaban J connectivity index is 2.03. The molecule has 0 fully saturated rings. The summed E-state index contributed by atoms with van der Waals surface area (Å²) in [6.45, 7) is 4.08. The van der Waals surface area contributed by atoms with Gasteiger partial charge in [-0.1, -0.05) is 0 Å². The highest BCUT2D eigenvalue weighted by Gasteiger charge is 2.18. The highest BCUT2D eigenvalue weighted by Crippen LogP contribution is 2.10. The van der Waals surface area contributed by atoms with Gasteiger partial charge in [-0.25, -0.2) is 0 Å². The number of pyridine rings is 1. The van der Waals surface area contributed by atoms with Crippen molar-refractivity contribution in [2.75, 3.05) is 7.05 Å². The molecule has 19 heavy (non-hydrogen) atoms. The molecule has 0 aliphatic carbocycles. The van der Waals surface area contributed by atoms with E-state index < -0.39 is 0 Å². The number of rotatable bonds is 4. The van der Waals surface area contributed by atoms with Crippen molar-refractivity contribution >= 4 is 5.91 Å². The summed E-state index contributed by atoms with van der Waals surface area (Å²) in [6, 6.07) is 7.75. The second-order valence-electron chi connectivity index (χ2n) is 4.88. The maximum atomic E-state index is 12.2. The van der Waals surface area contributed by atoms with Crippen molar-refractivity contribution in [2.24, 2.45) is 0 Å². The minimum atomic E-state index is 0.00477. The van der Waals surface area contributed by atoms with Crippen LogP contribution >= 0.6 is 0 Å². The lowest BCUT2D eigenvalue weighted by molar-refractivity contribution is 0.0737. The molecule has 1 atom stereocenters. The third-order valence-electron chi connectivity index (χ3n) is 3.29. The van der Waals surface area contributed by atoms with Crippen molar-refractivity contribution in [3.8, 4) is 0 Å². The van der Waals surface area contributed by atoms with Gasteiger partial charge < -0.3 is 9.88 Å². The zero-order chi connectivity index (χ0) is 13.8. The number of carbonyl (C=O) groups is 1. The van der Waals surface area contributed by atoms with E-state index in [2.05, 4.69) is 16.0 Å². The lowest BCUT2D eigenvalue weighted by atomic mass is 10.1. The van der Waals surface area contributed by atoms with Crippen LogP contribution < -0.4 is 0 Å². The van der Waals surface area contributed by atoms with Crippen LogP contribution in [0.15, 0.2) is 36.7 Å². The minimum Gasteiger partial charge on any atom is -0.357 e. The smallest absolute Gasteiger partial charge is 0.270 e. The third kappa shape index (κ3) is 3.22. The molecule has 2 heterocycles. The Labute approximate surface area is 113 Å². The Bertz CT molecular complexity index is 548. The second kappa shape index (κ2) is 5.69. The maximum Gasteiger partial charge on any atom is 0.270 e. The molecule has 100 valence electrons. The van der Waals surface area contributed by atoms with Crippen molar-refractivity contribution in [2.45, 2.75) is 26.3 Å². The van der Waals surface area contributed by atoms with Gasteiger partial charge in [-0.3, -0.25) is 9.78 Å². The van der Waals surface area contributed by atoms with Gasteiger partial charge >= 0.3 is 0 Å². The SMILES string of the molecule is Cc1ccnc(C[C@@H](C)N(C)C(=O)c2ccc[nH]2)c1. The molecule has 0 radical (unpaired) electrons. The van der Waals surface area contributed by atoms with Crippen molar-refractivity contribution in [3.63, 3.8) is 0 Å². The summed E-state index contributed by atoms with van der Waals surface area (Å²) < 4.78 is 0. The summed E-state index contributed by atoms with van der Waals surface area (Å²) >= 11 is 0. The number of aromatic amines is 1. The lowest BCUT2D eigenvalue weighted by Crippen LogP contribution is -2.36. The van der Waals surface area contributed by atoms with Gasteiger partial charge in [0.15, 0.2) is 0 Å². The standard InChI is InChI=1S/C15H19N3O/c1-11-6-8-16-13(9-11)10-12(2)18(3)15(19)14-5-4-7-17-14/h4-9,12,17H,10H2,1-3H3/t12-/m1/s1. The van der Waals surface area contributed by atoms with E-state index in [-0.39, 0.29) is 11.9 Å². The number of hydrogen-bond donors (Lipinski definition) is 1. The number of aryl methyl sites for hydroxylation is 1. The number of carbonyl (C=O) groups excluding carboxylic acids is 1. The largest absolute Gasteiger partial charge is 0.357 e. The number of amides is 1. The fraction of sp³-hybridized carbons (Fsp3) is 0.333. The van der Waals surface area contributed by atoms with Crippen molar-refractivity contribution < 1.29 is 4.79 Å². The fourth-order valence-corrected chi connectivity index (χ4v) is 2.00. The summed E-state index contributed by atoms with van der Waals surface area (Å²) in [5.74, 6) is 0.00477. The molecule has 2 aromatic heterocycles. The molecule has 1 amide bonds. The Hall–Kier alpha value is -2.10. The van der Waals surface area contributed by atoms with E-state index in [9.17, 15) is 4.79 Å². The first-order valence-corrected chi connectivity index (χ1v) is 6.40. The van der Waals surface area contributed by atoms with Crippen LogP contribution in [-0.4, -0.2) is 33.9 Å². The summed E-state index contributed by atoms with van der Waals surface area (Å²) in [7, 11) is 1.82. The molecule has 1 N–H and O–H groups in total. The number of nitrogens with zero attached hydrogens (tertiary/aromatic N) is 2. The molecule has 0 saturated heterocycles. The summed E-state index contributed by atoms with van der Waals surface area (Å²) in [4.78, 5) is 21.2. The minimum absolute atomic E-state index is 0.00477. The van der Waals surface area contributed by atoms with Gasteiger partial charge in [0.05, 0.1) is 0 Å². The van der Waals surface area contributed by atoms with Crippen LogP contribution in [0.5, 0.6) is 0 Å². The van der Waals surface area contributed by atoms with Gasteiger partial charge in [-0.15, -0.1) is 0 Å². The highest BCUT2D eigenvalue weighted by atomic mass is 16.2. The molecular weight excluding hydrogens is 238 g/mol. The molecule has 0 saturated carbocycles. The molecular formula is C15H19N3O. The average molecular weight is 257 g/mol. The Morgan fingerprint density at radius 1 is 1.47 bits per heavy atom. The van der Waals surface area contributed by atoms with Gasteiger partial charge in [0.25, 0.3) is 5.91 Å². The second-order valence-corrected chi connectivity index (χ2v) is 4.88. The molecule has 2 aromatic rings. The molecule has 2 rings (SSSR count). The molecule has 0 aliphatic rings. The Morgan fingerprint density at radius 3 is 2.89 bits per heavy atom. The van der Waals surface area contributed by atoms with Crippen molar-refractivity contribution in [1.82, 2.24) is 14.9 Å². The van der Waals surface area contributed by atoms with Gasteiger partial charge in [-0.2, -0.15) is 0 Å². The van der Waals surface area contributed by atoms with E-state index in [0.717, 1.165) is 12.1 Å². The quantitative estimate of drug-likeness (QED) is 0.914. The van der Waals surface area contributed by atoms with E-state index in [1.54, 1.807) is 17.2 Å². The van der Waals surface area contributed by atoms with Gasteiger partial charge in [-0.05, 0) is 43.7 Å². The van der Waals surface area contributed by atoms with Crippen LogP contribution in [-0.2, 0) is 6.42 Å². The first-order valence-electron chi connectivity index (χ1n) is 6.40.